The topological polar surface area (TPSA) is 105 Å². The molecule has 0 unspecified atom stereocenters. The molecule has 5 rings (SSSR count). The molecule has 8 nitrogen and oxygen atoms in total. The van der Waals surface area contributed by atoms with E-state index in [1.54, 1.807) is 12.1 Å². The Morgan fingerprint density at radius 1 is 1.08 bits per heavy atom. The minimum absolute atomic E-state index is 0.0401. The Kier molecular flexibility index (Phi) is 7.12. The maximum Gasteiger partial charge on any atom is 0.417 e. The number of pyridine rings is 2. The predicted octanol–water partition coefficient (Wildman–Crippen LogP) is 4.91. The van der Waals surface area contributed by atoms with Crippen LogP contribution in [0.15, 0.2) is 70.4 Å². The summed E-state index contributed by atoms with van der Waals surface area (Å²) in [6.45, 7) is 0.0702. The Hall–Kier alpha value is -3.84. The number of hydrogen-bond donors (Lipinski definition) is 1. The third-order valence-electron chi connectivity index (χ3n) is 6.42. The highest BCUT2D eigenvalue weighted by Gasteiger charge is 2.39. The number of nitrogens with zero attached hydrogens (tertiary/aromatic N) is 3. The van der Waals surface area contributed by atoms with Gasteiger partial charge in [-0.3, -0.25) is 14.8 Å². The fourth-order valence-corrected chi connectivity index (χ4v) is 6.06. The Morgan fingerprint density at radius 2 is 1.90 bits per heavy atom. The lowest BCUT2D eigenvalue weighted by molar-refractivity contribution is -0.137. The standard InChI is InChI=1S/C26H22F4N4O4S/c27-19-5-7-23-17(11-19)13-24(38-23)39(36,37)34-10-2-1-3-22(34)25(35)33-15-20-12-16(8-9-31-20)21-6-4-18(14-32-21)26(28,29)30/h4-9,11-14,22H,1-3,10,15H2,(H,33,35)/t22-/m0/s1. The highest BCUT2D eigenvalue weighted by Crippen LogP contribution is 2.31. The Labute approximate surface area is 220 Å². The van der Waals surface area contributed by atoms with Crippen molar-refractivity contribution in [3.8, 4) is 11.3 Å². The number of alkyl halides is 3. The van der Waals surface area contributed by atoms with Crippen LogP contribution in [-0.2, 0) is 27.5 Å². The zero-order valence-electron chi connectivity index (χ0n) is 20.3. The largest absolute Gasteiger partial charge is 0.443 e. The molecule has 0 bridgehead atoms. The van der Waals surface area contributed by atoms with Crippen LogP contribution in [0.2, 0.25) is 0 Å². The highest BCUT2D eigenvalue weighted by molar-refractivity contribution is 7.89. The molecule has 1 atom stereocenters. The molecule has 1 saturated heterocycles. The van der Waals surface area contributed by atoms with Crippen molar-refractivity contribution in [3.63, 3.8) is 0 Å². The molecule has 1 aliphatic rings. The maximum absolute atomic E-state index is 13.6. The van der Waals surface area contributed by atoms with Gasteiger partial charge in [-0.05, 0) is 55.3 Å². The first-order valence-electron chi connectivity index (χ1n) is 12.0. The van der Waals surface area contributed by atoms with Crippen molar-refractivity contribution in [1.29, 1.82) is 0 Å². The SMILES string of the molecule is O=C(NCc1cc(-c2ccc(C(F)(F)F)cn2)ccn1)[C@@H]1CCCCN1S(=O)(=O)c1cc2cc(F)ccc2o1. The number of halogens is 4. The lowest BCUT2D eigenvalue weighted by Gasteiger charge is -2.32. The van der Waals surface area contributed by atoms with Gasteiger partial charge in [0.05, 0.1) is 23.5 Å². The van der Waals surface area contributed by atoms with Gasteiger partial charge in [0.25, 0.3) is 10.0 Å². The van der Waals surface area contributed by atoms with Gasteiger partial charge in [-0.1, -0.05) is 6.42 Å². The number of nitrogens with one attached hydrogen (secondary N) is 1. The number of furan rings is 1. The number of sulfonamides is 1. The second-order valence-electron chi connectivity index (χ2n) is 9.06. The minimum atomic E-state index is -4.50. The summed E-state index contributed by atoms with van der Waals surface area (Å²) in [5, 5.41) is 2.62. The van der Waals surface area contributed by atoms with Gasteiger partial charge in [0.1, 0.15) is 17.4 Å². The molecule has 13 heteroatoms. The number of fused-ring (bicyclic) bond motifs is 1. The molecular formula is C26H22F4N4O4S. The smallest absolute Gasteiger partial charge is 0.417 e. The quantitative estimate of drug-likeness (QED) is 0.335. The van der Waals surface area contributed by atoms with E-state index in [2.05, 4.69) is 15.3 Å². The molecule has 204 valence electrons. The van der Waals surface area contributed by atoms with Crippen molar-refractivity contribution in [2.45, 2.75) is 43.1 Å². The van der Waals surface area contributed by atoms with Crippen molar-refractivity contribution >= 4 is 26.9 Å². The van der Waals surface area contributed by atoms with Crippen LogP contribution in [0.25, 0.3) is 22.2 Å². The maximum atomic E-state index is 13.6. The van der Waals surface area contributed by atoms with Crippen LogP contribution in [0.5, 0.6) is 0 Å². The van der Waals surface area contributed by atoms with Crippen molar-refractivity contribution in [2.75, 3.05) is 6.54 Å². The van der Waals surface area contributed by atoms with E-state index in [0.29, 0.717) is 41.6 Å². The Morgan fingerprint density at radius 3 is 2.64 bits per heavy atom. The average Bonchev–Trinajstić information content (AvgIpc) is 3.36. The van der Waals surface area contributed by atoms with E-state index in [1.807, 2.05) is 0 Å². The van der Waals surface area contributed by atoms with E-state index in [4.69, 9.17) is 4.42 Å². The molecule has 0 saturated carbocycles. The lowest BCUT2D eigenvalue weighted by atomic mass is 10.0. The number of rotatable bonds is 6. The van der Waals surface area contributed by atoms with Crippen LogP contribution >= 0.6 is 0 Å². The molecular weight excluding hydrogens is 540 g/mol. The van der Waals surface area contributed by atoms with Gasteiger partial charge >= 0.3 is 6.18 Å². The second-order valence-corrected chi connectivity index (χ2v) is 10.9. The number of aromatic nitrogens is 2. The van der Waals surface area contributed by atoms with Gasteiger partial charge < -0.3 is 9.73 Å². The van der Waals surface area contributed by atoms with Gasteiger partial charge in [-0.25, -0.2) is 12.8 Å². The monoisotopic (exact) mass is 562 g/mol. The summed E-state index contributed by atoms with van der Waals surface area (Å²) in [5.41, 5.74) is 0.558. The van der Waals surface area contributed by atoms with E-state index in [0.717, 1.165) is 22.6 Å². The third-order valence-corrected chi connectivity index (χ3v) is 8.19. The molecule has 1 aromatic carbocycles. The molecule has 39 heavy (non-hydrogen) atoms. The van der Waals surface area contributed by atoms with Crippen molar-refractivity contribution in [3.05, 3.63) is 78.0 Å². The van der Waals surface area contributed by atoms with Crippen molar-refractivity contribution in [1.82, 2.24) is 19.6 Å². The number of hydrogen-bond acceptors (Lipinski definition) is 6. The lowest BCUT2D eigenvalue weighted by Crippen LogP contribution is -2.51. The fraction of sp³-hybridized carbons (Fsp3) is 0.269. The van der Waals surface area contributed by atoms with Crippen LogP contribution in [-0.4, -0.2) is 41.2 Å². The normalized spacial score (nSPS) is 16.9. The molecule has 1 amide bonds. The Balaban J connectivity index is 1.30. The van der Waals surface area contributed by atoms with Gasteiger partial charge in [0.2, 0.25) is 11.0 Å². The summed E-state index contributed by atoms with van der Waals surface area (Å²) in [4.78, 5) is 21.2. The van der Waals surface area contributed by atoms with Gasteiger partial charge in [-0.2, -0.15) is 17.5 Å². The van der Waals surface area contributed by atoms with Gasteiger partial charge in [-0.15, -0.1) is 0 Å². The van der Waals surface area contributed by atoms with Crippen LogP contribution in [0.1, 0.15) is 30.5 Å². The summed E-state index contributed by atoms with van der Waals surface area (Å²) in [5.74, 6) is -1.06. The van der Waals surface area contributed by atoms with Crippen molar-refractivity contribution < 1.29 is 35.2 Å². The minimum Gasteiger partial charge on any atom is -0.443 e. The molecule has 4 aromatic rings. The number of carbonyl (C=O) groups excluding carboxylic acids is 1. The Bertz CT molecular complexity index is 1620. The number of piperidine rings is 1. The first kappa shape index (κ1) is 26.8. The summed E-state index contributed by atoms with van der Waals surface area (Å²) in [7, 11) is -4.19. The highest BCUT2D eigenvalue weighted by atomic mass is 32.2. The van der Waals surface area contributed by atoms with Crippen LogP contribution in [0, 0.1) is 5.82 Å². The summed E-state index contributed by atoms with van der Waals surface area (Å²) in [6, 6.07) is 9.25. The predicted molar refractivity (Wildman–Crippen MR) is 132 cm³/mol. The van der Waals surface area contributed by atoms with Crippen LogP contribution in [0.4, 0.5) is 17.6 Å². The fourth-order valence-electron chi connectivity index (χ4n) is 4.45. The van der Waals surface area contributed by atoms with E-state index in [9.17, 15) is 30.8 Å². The van der Waals surface area contributed by atoms with E-state index in [1.165, 1.54) is 30.5 Å². The van der Waals surface area contributed by atoms with Gasteiger partial charge in [0, 0.05) is 36.0 Å². The molecule has 1 fully saturated rings. The number of carbonyl (C=O) groups is 1. The molecule has 1 aliphatic heterocycles. The summed E-state index contributed by atoms with van der Waals surface area (Å²) in [6.07, 6.45) is -0.818. The molecule has 0 spiro atoms. The third kappa shape index (κ3) is 5.64. The van der Waals surface area contributed by atoms with Crippen molar-refractivity contribution in [2.24, 2.45) is 0 Å². The zero-order chi connectivity index (χ0) is 27.8. The van der Waals surface area contributed by atoms with Gasteiger partial charge in [0.15, 0.2) is 0 Å². The summed E-state index contributed by atoms with van der Waals surface area (Å²) >= 11 is 0. The first-order valence-corrected chi connectivity index (χ1v) is 13.4. The van der Waals surface area contributed by atoms with E-state index < -0.39 is 39.5 Å². The zero-order valence-corrected chi connectivity index (χ0v) is 21.1. The second kappa shape index (κ2) is 10.4. The molecule has 1 N–H and O–H groups in total. The summed E-state index contributed by atoms with van der Waals surface area (Å²) < 4.78 is 85.4. The number of benzene rings is 1. The van der Waals surface area contributed by atoms with Crippen LogP contribution < -0.4 is 5.32 Å². The average molecular weight is 563 g/mol. The molecule has 0 aliphatic carbocycles. The first-order chi connectivity index (χ1) is 18.5. The van der Waals surface area contributed by atoms with E-state index >= 15 is 0 Å². The molecule has 3 aromatic heterocycles. The number of amides is 1. The molecule has 4 heterocycles. The molecule has 0 radical (unpaired) electrons. The van der Waals surface area contributed by atoms with Crippen LogP contribution in [0.3, 0.4) is 0 Å². The van der Waals surface area contributed by atoms with E-state index in [-0.39, 0.29) is 23.8 Å².